The number of ether oxygens (including phenoxy) is 2. The molecule has 1 amide bonds. The van der Waals surface area contributed by atoms with Crippen molar-refractivity contribution in [1.29, 1.82) is 0 Å². The molecular weight excluding hydrogens is 453 g/mol. The Kier molecular flexibility index (Phi) is 5.97. The van der Waals surface area contributed by atoms with Gasteiger partial charge in [0.15, 0.2) is 11.5 Å². The van der Waals surface area contributed by atoms with Gasteiger partial charge in [0.2, 0.25) is 5.76 Å². The van der Waals surface area contributed by atoms with Crippen molar-refractivity contribution in [2.45, 2.75) is 13.1 Å². The molecule has 1 aromatic heterocycles. The zero-order valence-corrected chi connectivity index (χ0v) is 17.9. The van der Waals surface area contributed by atoms with Crippen molar-refractivity contribution in [2.75, 3.05) is 12.1 Å². The lowest BCUT2D eigenvalue weighted by atomic mass is 10.1. The Balaban J connectivity index is 1.59. The van der Waals surface area contributed by atoms with Crippen LogP contribution in [0.15, 0.2) is 76.0 Å². The van der Waals surface area contributed by atoms with Crippen LogP contribution in [0.5, 0.6) is 11.5 Å². The summed E-state index contributed by atoms with van der Waals surface area (Å²) in [7, 11) is 1.39. The van der Waals surface area contributed by atoms with Crippen LogP contribution in [0.1, 0.15) is 28.6 Å². The van der Waals surface area contributed by atoms with Crippen molar-refractivity contribution in [3.05, 3.63) is 83.3 Å². The predicted octanol–water partition coefficient (Wildman–Crippen LogP) is 5.33. The van der Waals surface area contributed by atoms with Crippen LogP contribution in [-0.4, -0.2) is 24.7 Å². The highest BCUT2D eigenvalue weighted by Crippen LogP contribution is 2.34. The largest absolute Gasteiger partial charge is 0.493 e. The molecule has 7 nitrogen and oxygen atoms in total. The maximum absolute atomic E-state index is 13.1. The number of rotatable bonds is 5. The molecule has 0 unspecified atom stereocenters. The fraction of sp³-hybridized carbons (Fsp3) is 0.125. The molecule has 0 bridgehead atoms. The third kappa shape index (κ3) is 4.56. The Morgan fingerprint density at radius 1 is 1.09 bits per heavy atom. The first-order valence-electron chi connectivity index (χ1n) is 9.90. The van der Waals surface area contributed by atoms with E-state index in [1.807, 2.05) is 0 Å². The first kappa shape index (κ1) is 22.8. The Labute approximate surface area is 191 Å². The summed E-state index contributed by atoms with van der Waals surface area (Å²) in [6, 6.07) is 12.0. The van der Waals surface area contributed by atoms with E-state index in [4.69, 9.17) is 13.9 Å². The highest BCUT2D eigenvalue weighted by atomic mass is 19.4. The second-order valence-corrected chi connectivity index (χ2v) is 7.19. The maximum Gasteiger partial charge on any atom is 0.416 e. The van der Waals surface area contributed by atoms with Crippen molar-refractivity contribution in [1.82, 2.24) is 0 Å². The monoisotopic (exact) mass is 470 g/mol. The lowest BCUT2D eigenvalue weighted by molar-refractivity contribution is -0.137. The molecule has 0 radical (unpaired) electrons. The van der Waals surface area contributed by atoms with Gasteiger partial charge in [-0.05, 0) is 61.0 Å². The molecule has 0 N–H and O–H groups in total. The summed E-state index contributed by atoms with van der Waals surface area (Å²) in [5.74, 6) is -0.903. The molecule has 1 aliphatic rings. The number of hydrazone groups is 1. The topological polar surface area (TPSA) is 81.3 Å². The van der Waals surface area contributed by atoms with Gasteiger partial charge in [-0.2, -0.15) is 23.3 Å². The number of benzene rings is 2. The van der Waals surface area contributed by atoms with E-state index in [9.17, 15) is 22.8 Å². The summed E-state index contributed by atoms with van der Waals surface area (Å²) >= 11 is 0. The number of nitrogens with zero attached hydrogens (tertiary/aromatic N) is 2. The number of methoxy groups -OCH3 is 1. The quantitative estimate of drug-likeness (QED) is 0.286. The molecular formula is C24H17F3N2O5. The molecule has 0 saturated heterocycles. The zero-order valence-electron chi connectivity index (χ0n) is 17.9. The first-order valence-corrected chi connectivity index (χ1v) is 9.90. The van der Waals surface area contributed by atoms with Gasteiger partial charge >= 0.3 is 12.1 Å². The van der Waals surface area contributed by atoms with Crippen molar-refractivity contribution in [3.63, 3.8) is 0 Å². The van der Waals surface area contributed by atoms with E-state index >= 15 is 0 Å². The van der Waals surface area contributed by atoms with Gasteiger partial charge < -0.3 is 13.9 Å². The number of anilines is 1. The Bertz CT molecular complexity index is 1310. The number of alkyl halides is 3. The third-order valence-electron chi connectivity index (χ3n) is 4.90. The summed E-state index contributed by atoms with van der Waals surface area (Å²) in [6.45, 7) is 1.58. The molecule has 0 saturated carbocycles. The molecule has 0 fully saturated rings. The molecule has 0 spiro atoms. The summed E-state index contributed by atoms with van der Waals surface area (Å²) in [6.07, 6.45) is -1.68. The van der Waals surface area contributed by atoms with Gasteiger partial charge in [-0.1, -0.05) is 12.1 Å². The predicted molar refractivity (Wildman–Crippen MR) is 117 cm³/mol. The second-order valence-electron chi connectivity index (χ2n) is 7.19. The SMILES string of the molecule is COc1cc(C=C2C(=O)N(c3cccc(C(F)(F)F)c3)N=C2C)ccc1OC(=O)c1ccco1. The molecule has 10 heteroatoms. The van der Waals surface area contributed by atoms with Crippen molar-refractivity contribution in [3.8, 4) is 11.5 Å². The molecule has 2 heterocycles. The first-order chi connectivity index (χ1) is 16.2. The van der Waals surface area contributed by atoms with E-state index in [1.54, 1.807) is 25.1 Å². The van der Waals surface area contributed by atoms with Crippen molar-refractivity contribution < 1.29 is 36.7 Å². The molecule has 0 aliphatic carbocycles. The van der Waals surface area contributed by atoms with Gasteiger partial charge in [-0.3, -0.25) is 4.79 Å². The lowest BCUT2D eigenvalue weighted by Gasteiger charge is -2.14. The number of furan rings is 1. The fourth-order valence-corrected chi connectivity index (χ4v) is 3.24. The molecule has 3 aromatic rings. The van der Waals surface area contributed by atoms with Crippen molar-refractivity contribution in [2.24, 2.45) is 5.10 Å². The number of esters is 1. The number of carbonyl (C=O) groups is 2. The van der Waals surface area contributed by atoms with E-state index < -0.39 is 23.6 Å². The van der Waals surface area contributed by atoms with Crippen LogP contribution in [-0.2, 0) is 11.0 Å². The van der Waals surface area contributed by atoms with Gasteiger partial charge in [-0.25, -0.2) is 4.79 Å². The second kappa shape index (κ2) is 8.89. The van der Waals surface area contributed by atoms with E-state index in [-0.39, 0.29) is 28.5 Å². The van der Waals surface area contributed by atoms with Gasteiger partial charge in [0.25, 0.3) is 5.91 Å². The standard InChI is InChI=1S/C24H17F3N2O5/c1-14-18(22(30)29(28-14)17-6-3-5-16(13-17)24(25,26)27)11-15-8-9-19(21(12-15)32-2)34-23(31)20-7-4-10-33-20/h3-13H,1-2H3. The summed E-state index contributed by atoms with van der Waals surface area (Å²) in [5.41, 5.74) is 0.167. The van der Waals surface area contributed by atoms with Gasteiger partial charge in [0, 0.05) is 0 Å². The van der Waals surface area contributed by atoms with Crippen LogP contribution in [0.25, 0.3) is 6.08 Å². The van der Waals surface area contributed by atoms with Gasteiger partial charge in [0.1, 0.15) is 0 Å². The minimum atomic E-state index is -4.55. The van der Waals surface area contributed by atoms with E-state index in [1.165, 1.54) is 43.7 Å². The Morgan fingerprint density at radius 3 is 2.56 bits per heavy atom. The molecule has 174 valence electrons. The number of halogens is 3. The number of hydrogen-bond acceptors (Lipinski definition) is 6. The maximum atomic E-state index is 13.1. The van der Waals surface area contributed by atoms with Crippen LogP contribution < -0.4 is 14.5 Å². The van der Waals surface area contributed by atoms with Crippen LogP contribution in [0.4, 0.5) is 18.9 Å². The minimum absolute atomic E-state index is 0.000317. The van der Waals surface area contributed by atoms with Crippen molar-refractivity contribution >= 4 is 29.4 Å². The summed E-state index contributed by atoms with van der Waals surface area (Å²) < 4.78 is 54.8. The van der Waals surface area contributed by atoms with Crippen LogP contribution in [0.3, 0.4) is 0 Å². The zero-order chi connectivity index (χ0) is 24.5. The molecule has 4 rings (SSSR count). The summed E-state index contributed by atoms with van der Waals surface area (Å²) in [4.78, 5) is 25.1. The lowest BCUT2D eigenvalue weighted by Crippen LogP contribution is -2.21. The molecule has 0 atom stereocenters. The highest BCUT2D eigenvalue weighted by molar-refractivity contribution is 6.32. The van der Waals surface area contributed by atoms with E-state index in [0.29, 0.717) is 11.3 Å². The molecule has 34 heavy (non-hydrogen) atoms. The van der Waals surface area contributed by atoms with Crippen LogP contribution in [0, 0.1) is 0 Å². The van der Waals surface area contributed by atoms with Gasteiger partial charge in [0.05, 0.1) is 35.9 Å². The molecule has 1 aliphatic heterocycles. The normalized spacial score (nSPS) is 15.0. The van der Waals surface area contributed by atoms with Crippen LogP contribution >= 0.6 is 0 Å². The highest BCUT2D eigenvalue weighted by Gasteiger charge is 2.33. The summed E-state index contributed by atoms with van der Waals surface area (Å²) in [5, 5.41) is 5.05. The Hall–Kier alpha value is -4.34. The number of amides is 1. The molecule has 2 aromatic carbocycles. The Morgan fingerprint density at radius 2 is 1.88 bits per heavy atom. The van der Waals surface area contributed by atoms with Gasteiger partial charge in [-0.15, -0.1) is 0 Å². The average molecular weight is 470 g/mol. The van der Waals surface area contributed by atoms with E-state index in [0.717, 1.165) is 17.1 Å². The number of carbonyl (C=O) groups excluding carboxylic acids is 2. The number of hydrogen-bond donors (Lipinski definition) is 0. The van der Waals surface area contributed by atoms with Crippen LogP contribution in [0.2, 0.25) is 0 Å². The minimum Gasteiger partial charge on any atom is -0.493 e. The third-order valence-corrected chi connectivity index (χ3v) is 4.90. The average Bonchev–Trinajstić information content (AvgIpc) is 3.44. The fourth-order valence-electron chi connectivity index (χ4n) is 3.24. The van der Waals surface area contributed by atoms with E-state index in [2.05, 4.69) is 5.10 Å². The smallest absolute Gasteiger partial charge is 0.416 e.